The van der Waals surface area contributed by atoms with E-state index in [-0.39, 0.29) is 19.0 Å². The van der Waals surface area contributed by atoms with Crippen molar-refractivity contribution in [2.45, 2.75) is 13.8 Å². The largest absolute Gasteiger partial charge is 0.482 e. The topological polar surface area (TPSA) is 52.6 Å². The summed E-state index contributed by atoms with van der Waals surface area (Å²) in [4.78, 5) is 23.6. The lowest BCUT2D eigenvalue weighted by Gasteiger charge is -2.08. The number of aryl methyl sites for hydroxylation is 2. The Morgan fingerprint density at radius 3 is 2.30 bits per heavy atom. The summed E-state index contributed by atoms with van der Waals surface area (Å²) in [6.45, 7) is 3.39. The standard InChI is InChI=1S/C18H17BrO4/c1-12-3-4-14(9-13(12)2)17(20)10-23-18(21)11-22-16-7-5-15(19)6-8-16/h3-9H,10-11H2,1-2H3. The molecular weight excluding hydrogens is 360 g/mol. The van der Waals surface area contributed by atoms with Crippen LogP contribution in [0.1, 0.15) is 21.5 Å². The van der Waals surface area contributed by atoms with Gasteiger partial charge in [0.1, 0.15) is 5.75 Å². The molecule has 0 amide bonds. The number of esters is 1. The molecule has 2 rings (SSSR count). The quantitative estimate of drug-likeness (QED) is 0.567. The van der Waals surface area contributed by atoms with Crippen LogP contribution in [0.4, 0.5) is 0 Å². The van der Waals surface area contributed by atoms with Crippen LogP contribution in [0.3, 0.4) is 0 Å². The fraction of sp³-hybridized carbons (Fsp3) is 0.222. The van der Waals surface area contributed by atoms with Gasteiger partial charge >= 0.3 is 5.97 Å². The third-order valence-corrected chi connectivity index (χ3v) is 3.89. The van der Waals surface area contributed by atoms with E-state index in [1.54, 1.807) is 24.3 Å². The average molecular weight is 377 g/mol. The van der Waals surface area contributed by atoms with Crippen molar-refractivity contribution in [2.75, 3.05) is 13.2 Å². The van der Waals surface area contributed by atoms with Crippen LogP contribution in [0.2, 0.25) is 0 Å². The SMILES string of the molecule is Cc1ccc(C(=O)COC(=O)COc2ccc(Br)cc2)cc1C. The van der Waals surface area contributed by atoms with E-state index in [4.69, 9.17) is 9.47 Å². The van der Waals surface area contributed by atoms with Crippen molar-refractivity contribution < 1.29 is 19.1 Å². The van der Waals surface area contributed by atoms with Gasteiger partial charge in [-0.2, -0.15) is 0 Å². The summed E-state index contributed by atoms with van der Waals surface area (Å²) in [6, 6.07) is 12.5. The second-order valence-corrected chi connectivity index (χ2v) is 6.04. The Morgan fingerprint density at radius 1 is 0.957 bits per heavy atom. The Balaban J connectivity index is 1.80. The van der Waals surface area contributed by atoms with Crippen LogP contribution in [0.5, 0.6) is 5.75 Å². The number of halogens is 1. The van der Waals surface area contributed by atoms with Crippen molar-refractivity contribution >= 4 is 27.7 Å². The molecule has 0 atom stereocenters. The van der Waals surface area contributed by atoms with Crippen molar-refractivity contribution in [2.24, 2.45) is 0 Å². The first-order chi connectivity index (χ1) is 11.0. The van der Waals surface area contributed by atoms with Gasteiger partial charge in [-0.1, -0.05) is 28.1 Å². The number of ketones is 1. The highest BCUT2D eigenvalue weighted by atomic mass is 79.9. The molecule has 0 heterocycles. The normalized spacial score (nSPS) is 10.2. The summed E-state index contributed by atoms with van der Waals surface area (Å²) >= 11 is 3.31. The summed E-state index contributed by atoms with van der Waals surface area (Å²) in [5.74, 6) is -0.249. The van der Waals surface area contributed by atoms with Gasteiger partial charge in [-0.3, -0.25) is 4.79 Å². The van der Waals surface area contributed by atoms with E-state index >= 15 is 0 Å². The Labute approximate surface area is 143 Å². The van der Waals surface area contributed by atoms with Gasteiger partial charge in [0, 0.05) is 10.0 Å². The maximum Gasteiger partial charge on any atom is 0.344 e. The first-order valence-corrected chi connectivity index (χ1v) is 7.89. The zero-order valence-corrected chi connectivity index (χ0v) is 14.6. The van der Waals surface area contributed by atoms with Gasteiger partial charge in [0.2, 0.25) is 0 Å². The summed E-state index contributed by atoms with van der Waals surface area (Å²) < 4.78 is 11.2. The Hall–Kier alpha value is -2.14. The van der Waals surface area contributed by atoms with Crippen LogP contribution >= 0.6 is 15.9 Å². The average Bonchev–Trinajstić information content (AvgIpc) is 2.54. The van der Waals surface area contributed by atoms with Gasteiger partial charge in [-0.05, 0) is 55.3 Å². The minimum Gasteiger partial charge on any atom is -0.482 e. The van der Waals surface area contributed by atoms with Crippen molar-refractivity contribution in [3.63, 3.8) is 0 Å². The monoisotopic (exact) mass is 376 g/mol. The zero-order chi connectivity index (χ0) is 16.8. The number of hydrogen-bond acceptors (Lipinski definition) is 4. The molecule has 0 radical (unpaired) electrons. The number of Topliss-reactive ketones (excluding diaryl/α,β-unsaturated/α-hetero) is 1. The van der Waals surface area contributed by atoms with Crippen LogP contribution in [-0.2, 0) is 9.53 Å². The molecular formula is C18H17BrO4. The maximum absolute atomic E-state index is 12.0. The summed E-state index contributed by atoms with van der Waals surface area (Å²) in [6.07, 6.45) is 0. The maximum atomic E-state index is 12.0. The molecule has 0 aromatic heterocycles. The molecule has 0 N–H and O–H groups in total. The van der Waals surface area contributed by atoms with Gasteiger partial charge in [0.15, 0.2) is 19.0 Å². The number of hydrogen-bond donors (Lipinski definition) is 0. The van der Waals surface area contributed by atoms with Gasteiger partial charge < -0.3 is 9.47 Å². The smallest absolute Gasteiger partial charge is 0.344 e. The summed E-state index contributed by atoms with van der Waals surface area (Å²) in [5, 5.41) is 0. The second-order valence-electron chi connectivity index (χ2n) is 5.13. The molecule has 0 saturated heterocycles. The van der Waals surface area contributed by atoms with Crippen molar-refractivity contribution in [3.05, 3.63) is 63.6 Å². The van der Waals surface area contributed by atoms with E-state index in [0.29, 0.717) is 11.3 Å². The van der Waals surface area contributed by atoms with E-state index < -0.39 is 5.97 Å². The molecule has 0 aliphatic heterocycles. The first kappa shape index (κ1) is 17.2. The van der Waals surface area contributed by atoms with E-state index in [1.165, 1.54) is 0 Å². The Bertz CT molecular complexity index is 707. The second kappa shape index (κ2) is 7.92. The predicted octanol–water partition coefficient (Wildman–Crippen LogP) is 3.87. The lowest BCUT2D eigenvalue weighted by molar-refractivity contribution is -0.144. The van der Waals surface area contributed by atoms with Crippen LogP contribution < -0.4 is 4.74 Å². The van der Waals surface area contributed by atoms with E-state index in [2.05, 4.69) is 15.9 Å². The van der Waals surface area contributed by atoms with Crippen LogP contribution in [0, 0.1) is 13.8 Å². The lowest BCUT2D eigenvalue weighted by Crippen LogP contribution is -2.19. The molecule has 0 saturated carbocycles. The number of benzene rings is 2. The molecule has 0 bridgehead atoms. The van der Waals surface area contributed by atoms with E-state index in [0.717, 1.165) is 15.6 Å². The molecule has 2 aromatic rings. The van der Waals surface area contributed by atoms with E-state index in [9.17, 15) is 9.59 Å². The number of ether oxygens (including phenoxy) is 2. The van der Waals surface area contributed by atoms with Gasteiger partial charge in [0.05, 0.1) is 0 Å². The highest BCUT2D eigenvalue weighted by Gasteiger charge is 2.11. The summed E-state index contributed by atoms with van der Waals surface area (Å²) in [5.41, 5.74) is 2.68. The third-order valence-electron chi connectivity index (χ3n) is 3.36. The predicted molar refractivity (Wildman–Crippen MR) is 90.8 cm³/mol. The molecule has 0 aliphatic rings. The van der Waals surface area contributed by atoms with Gasteiger partial charge in [-0.25, -0.2) is 4.79 Å². The molecule has 23 heavy (non-hydrogen) atoms. The molecule has 0 fully saturated rings. The van der Waals surface area contributed by atoms with Crippen molar-refractivity contribution in [1.82, 2.24) is 0 Å². The van der Waals surface area contributed by atoms with Gasteiger partial charge in [-0.15, -0.1) is 0 Å². The van der Waals surface area contributed by atoms with Crippen molar-refractivity contribution in [3.8, 4) is 5.75 Å². The minimum atomic E-state index is -0.579. The van der Waals surface area contributed by atoms with Crippen LogP contribution in [0.15, 0.2) is 46.9 Å². The molecule has 4 nitrogen and oxygen atoms in total. The molecule has 0 spiro atoms. The fourth-order valence-electron chi connectivity index (χ4n) is 1.86. The minimum absolute atomic E-state index is 0.231. The summed E-state index contributed by atoms with van der Waals surface area (Å²) in [7, 11) is 0. The first-order valence-electron chi connectivity index (χ1n) is 7.10. The van der Waals surface area contributed by atoms with Crippen molar-refractivity contribution in [1.29, 1.82) is 0 Å². The molecule has 5 heteroatoms. The highest BCUT2D eigenvalue weighted by Crippen LogP contribution is 2.16. The van der Waals surface area contributed by atoms with Gasteiger partial charge in [0.25, 0.3) is 0 Å². The zero-order valence-electron chi connectivity index (χ0n) is 13.0. The number of carbonyl (C=O) groups excluding carboxylic acids is 2. The Morgan fingerprint density at radius 2 is 1.65 bits per heavy atom. The van der Waals surface area contributed by atoms with E-state index in [1.807, 2.05) is 32.0 Å². The molecule has 120 valence electrons. The number of carbonyl (C=O) groups is 2. The molecule has 0 aliphatic carbocycles. The molecule has 0 unspecified atom stereocenters. The Kier molecular flexibility index (Phi) is 5.93. The third kappa shape index (κ3) is 5.21. The van der Waals surface area contributed by atoms with Crippen LogP contribution in [0.25, 0.3) is 0 Å². The highest BCUT2D eigenvalue weighted by molar-refractivity contribution is 9.10. The van der Waals surface area contributed by atoms with Crippen LogP contribution in [-0.4, -0.2) is 25.0 Å². The molecule has 2 aromatic carbocycles. The number of rotatable bonds is 6. The fourth-order valence-corrected chi connectivity index (χ4v) is 2.12. The lowest BCUT2D eigenvalue weighted by atomic mass is 10.0.